The van der Waals surface area contributed by atoms with Crippen molar-refractivity contribution in [2.75, 3.05) is 57.2 Å². The first kappa shape index (κ1) is 28.9. The molecular formula is C32H31ClF2N6O3S. The molecule has 0 saturated carbocycles. The number of nitrogens with zero attached hydrogens (tertiary/aromatic N) is 5. The molecule has 0 amide bonds. The van der Waals surface area contributed by atoms with Gasteiger partial charge < -0.3 is 24.8 Å². The van der Waals surface area contributed by atoms with Crippen molar-refractivity contribution in [1.29, 1.82) is 5.26 Å². The summed E-state index contributed by atoms with van der Waals surface area (Å²) in [6, 6.07) is 4.69. The normalized spacial score (nSPS) is 26.0. The molecule has 2 unspecified atom stereocenters. The molecule has 4 aliphatic heterocycles. The summed E-state index contributed by atoms with van der Waals surface area (Å²) in [7, 11) is 1.90. The molecule has 234 valence electrons. The molecule has 9 nitrogen and oxygen atoms in total. The van der Waals surface area contributed by atoms with E-state index in [0.717, 1.165) is 43.7 Å². The third kappa shape index (κ3) is 4.28. The van der Waals surface area contributed by atoms with Gasteiger partial charge in [-0.25, -0.2) is 8.78 Å². The third-order valence-electron chi connectivity index (χ3n) is 10.1. The highest BCUT2D eigenvalue weighted by Gasteiger charge is 2.48. The minimum atomic E-state index is -0.749. The second kappa shape index (κ2) is 10.5. The number of thiophene rings is 1. The van der Waals surface area contributed by atoms with Gasteiger partial charge in [0.15, 0.2) is 11.6 Å². The average molecular weight is 653 g/mol. The van der Waals surface area contributed by atoms with Gasteiger partial charge >= 0.3 is 6.01 Å². The van der Waals surface area contributed by atoms with Crippen LogP contribution in [-0.4, -0.2) is 73.0 Å². The van der Waals surface area contributed by atoms with Gasteiger partial charge in [-0.1, -0.05) is 24.6 Å². The number of likely N-dealkylation sites (N-methyl/N-ethyl adjacent to an activating group) is 1. The number of hydrogen-bond acceptors (Lipinski definition) is 10. The van der Waals surface area contributed by atoms with Gasteiger partial charge in [0.2, 0.25) is 0 Å². The summed E-state index contributed by atoms with van der Waals surface area (Å²) >= 11 is 7.98. The lowest BCUT2D eigenvalue weighted by molar-refractivity contribution is 0.107. The van der Waals surface area contributed by atoms with Crippen molar-refractivity contribution < 1.29 is 23.0 Å². The van der Waals surface area contributed by atoms with Gasteiger partial charge in [-0.2, -0.15) is 15.2 Å². The van der Waals surface area contributed by atoms with Crippen LogP contribution in [0.4, 0.5) is 19.6 Å². The van der Waals surface area contributed by atoms with Gasteiger partial charge in [0.05, 0.1) is 52.1 Å². The predicted octanol–water partition coefficient (Wildman–Crippen LogP) is 5.99. The van der Waals surface area contributed by atoms with Crippen molar-refractivity contribution >= 4 is 54.7 Å². The Morgan fingerprint density at radius 1 is 1.24 bits per heavy atom. The number of nitrogen functional groups attached to an aromatic ring is 1. The molecule has 2 aromatic heterocycles. The van der Waals surface area contributed by atoms with Crippen LogP contribution in [0, 0.1) is 34.8 Å². The number of halogens is 3. The lowest BCUT2D eigenvalue weighted by Gasteiger charge is -2.34. The minimum absolute atomic E-state index is 0.00686. The molecule has 4 aliphatic rings. The smallest absolute Gasteiger partial charge is 0.319 e. The van der Waals surface area contributed by atoms with Gasteiger partial charge in [0.25, 0.3) is 0 Å². The summed E-state index contributed by atoms with van der Waals surface area (Å²) in [6.45, 7) is 5.94. The van der Waals surface area contributed by atoms with Crippen LogP contribution >= 0.6 is 22.9 Å². The fourth-order valence-corrected chi connectivity index (χ4v) is 9.26. The number of fused-ring (bicyclic) bond motifs is 3. The summed E-state index contributed by atoms with van der Waals surface area (Å²) in [5, 5.41) is 10.5. The van der Waals surface area contributed by atoms with Gasteiger partial charge in [-0.05, 0) is 43.4 Å². The van der Waals surface area contributed by atoms with Crippen LogP contribution in [0.3, 0.4) is 0 Å². The van der Waals surface area contributed by atoms with Crippen molar-refractivity contribution in [2.24, 2.45) is 11.8 Å². The largest absolute Gasteiger partial charge is 0.491 e. The molecule has 4 atom stereocenters. The van der Waals surface area contributed by atoms with Crippen LogP contribution < -0.4 is 20.1 Å². The van der Waals surface area contributed by atoms with E-state index in [1.807, 2.05) is 11.9 Å². The van der Waals surface area contributed by atoms with Crippen LogP contribution in [0.2, 0.25) is 5.02 Å². The Morgan fingerprint density at radius 3 is 2.91 bits per heavy atom. The van der Waals surface area contributed by atoms with E-state index in [1.165, 1.54) is 12.1 Å². The van der Waals surface area contributed by atoms with E-state index >= 15 is 4.39 Å². The number of anilines is 2. The number of hydrogen-bond donors (Lipinski definition) is 1. The Morgan fingerprint density at radius 2 is 2.09 bits per heavy atom. The zero-order valence-corrected chi connectivity index (χ0v) is 26.4. The number of aromatic nitrogens is 2. The Hall–Kier alpha value is -3.50. The zero-order valence-electron chi connectivity index (χ0n) is 24.8. The van der Waals surface area contributed by atoms with Crippen molar-refractivity contribution in [3.8, 4) is 29.0 Å². The number of benzene rings is 2. The first-order valence-electron chi connectivity index (χ1n) is 15.2. The van der Waals surface area contributed by atoms with E-state index in [9.17, 15) is 9.65 Å². The monoisotopic (exact) mass is 652 g/mol. The van der Waals surface area contributed by atoms with Crippen molar-refractivity contribution in [2.45, 2.75) is 37.8 Å². The highest BCUT2D eigenvalue weighted by atomic mass is 35.5. The van der Waals surface area contributed by atoms with Gasteiger partial charge in [0.1, 0.15) is 34.8 Å². The summed E-state index contributed by atoms with van der Waals surface area (Å²) < 4.78 is 50.7. The molecule has 2 N–H and O–H groups in total. The first-order valence-corrected chi connectivity index (χ1v) is 16.3. The molecule has 0 aliphatic carbocycles. The number of nitrogens with two attached hydrogens (primary N) is 1. The zero-order chi connectivity index (χ0) is 31.2. The maximum Gasteiger partial charge on any atom is 0.319 e. The highest BCUT2D eigenvalue weighted by Crippen LogP contribution is 2.51. The van der Waals surface area contributed by atoms with E-state index in [2.05, 4.69) is 22.9 Å². The molecule has 4 aromatic rings. The quantitative estimate of drug-likeness (QED) is 0.284. The Balaban J connectivity index is 1.35. The molecule has 3 fully saturated rings. The Labute approximate surface area is 267 Å². The molecule has 8 rings (SSSR count). The molecule has 45 heavy (non-hydrogen) atoms. The van der Waals surface area contributed by atoms with Gasteiger partial charge in [-0.3, -0.25) is 4.90 Å². The lowest BCUT2D eigenvalue weighted by Crippen LogP contribution is -2.44. The molecule has 0 spiro atoms. The third-order valence-corrected chi connectivity index (χ3v) is 11.4. The SMILES string of the molecule is C[C@H]1CN2CCC[C@@]2(COc2nc3c4c(c(Cl)c(-c5ccc(F)c6sc(N)c(C#N)c56)c(F)c4n2)OCC2COCC2N3C)C1. The Kier molecular flexibility index (Phi) is 6.77. The average Bonchev–Trinajstić information content (AvgIpc) is 3.78. The van der Waals surface area contributed by atoms with Gasteiger partial charge in [0, 0.05) is 30.5 Å². The second-order valence-corrected chi connectivity index (χ2v) is 14.2. The van der Waals surface area contributed by atoms with Crippen LogP contribution in [-0.2, 0) is 4.74 Å². The maximum absolute atomic E-state index is 17.1. The van der Waals surface area contributed by atoms with Crippen molar-refractivity contribution in [1.82, 2.24) is 14.9 Å². The number of ether oxygens (including phenoxy) is 3. The van der Waals surface area contributed by atoms with E-state index in [0.29, 0.717) is 36.9 Å². The summed E-state index contributed by atoms with van der Waals surface area (Å²) in [5.74, 6) is -0.103. The van der Waals surface area contributed by atoms with Crippen LogP contribution in [0.5, 0.6) is 11.8 Å². The molecule has 3 saturated heterocycles. The molecule has 0 bridgehead atoms. The van der Waals surface area contributed by atoms with Crippen LogP contribution in [0.25, 0.3) is 32.1 Å². The standard InChI is InChI=1S/C32H31ClF2N6O3S/c1-15-8-32(6-3-7-41(32)10-15)14-44-31-38-26-23-27(43-12-16-11-42-13-20(16)40(2)30(23)39-31)24(33)22(25(26)35)17-4-5-19(34)28-21(17)18(9-36)29(37)45-28/h4-5,15-16,20H,3,6-8,10-14,37H2,1-2H3/t15-,16?,20?,32+/m1/s1. The van der Waals surface area contributed by atoms with Crippen molar-refractivity contribution in [3.05, 3.63) is 34.4 Å². The maximum atomic E-state index is 17.1. The molecule has 13 heteroatoms. The summed E-state index contributed by atoms with van der Waals surface area (Å²) in [6.07, 6.45) is 3.15. The van der Waals surface area contributed by atoms with Gasteiger partial charge in [-0.15, -0.1) is 11.3 Å². The molecule has 0 radical (unpaired) electrons. The lowest BCUT2D eigenvalue weighted by atomic mass is 9.92. The number of rotatable bonds is 4. The topological polar surface area (TPSA) is 110 Å². The van der Waals surface area contributed by atoms with Crippen LogP contribution in [0.1, 0.15) is 31.7 Å². The second-order valence-electron chi connectivity index (χ2n) is 12.8. The van der Waals surface area contributed by atoms with E-state index in [1.54, 1.807) is 0 Å². The predicted molar refractivity (Wildman–Crippen MR) is 169 cm³/mol. The fourth-order valence-electron chi connectivity index (χ4n) is 7.98. The van der Waals surface area contributed by atoms with E-state index in [4.69, 9.17) is 36.5 Å². The molecular weight excluding hydrogens is 622 g/mol. The summed E-state index contributed by atoms with van der Waals surface area (Å²) in [5.41, 5.74) is 6.21. The summed E-state index contributed by atoms with van der Waals surface area (Å²) in [4.78, 5) is 14.0. The van der Waals surface area contributed by atoms with Crippen molar-refractivity contribution in [3.63, 3.8) is 0 Å². The van der Waals surface area contributed by atoms with Crippen LogP contribution in [0.15, 0.2) is 12.1 Å². The molecule has 2 aromatic carbocycles. The Bertz CT molecular complexity index is 1930. The fraction of sp³-hybridized carbons (Fsp3) is 0.469. The molecule has 6 heterocycles. The van der Waals surface area contributed by atoms with E-state index in [-0.39, 0.29) is 78.2 Å². The minimum Gasteiger partial charge on any atom is -0.491 e. The number of nitriles is 1. The van der Waals surface area contributed by atoms with E-state index < -0.39 is 11.6 Å². The first-order chi connectivity index (χ1) is 21.7. The highest BCUT2D eigenvalue weighted by molar-refractivity contribution is 7.23.